The van der Waals surface area contributed by atoms with Crippen molar-refractivity contribution in [2.45, 2.75) is 32.2 Å². The molecular weight excluding hydrogens is 306 g/mol. The van der Waals surface area contributed by atoms with E-state index in [2.05, 4.69) is 20.0 Å². The second kappa shape index (κ2) is 5.98. The van der Waals surface area contributed by atoms with Crippen LogP contribution < -0.4 is 16.4 Å². The Balaban J connectivity index is 1.61. The molecule has 0 atom stereocenters. The highest BCUT2D eigenvalue weighted by Gasteiger charge is 2.23. The number of nitrogens with two attached hydrogens (primary N) is 1. The number of nitrogen functional groups attached to an aromatic ring is 1. The predicted molar refractivity (Wildman–Crippen MR) is 86.6 cm³/mol. The third-order valence-electron chi connectivity index (χ3n) is 3.13. The van der Waals surface area contributed by atoms with E-state index in [9.17, 15) is 4.79 Å². The molecule has 1 aliphatic carbocycles. The van der Waals surface area contributed by atoms with Crippen LogP contribution in [0.5, 0.6) is 0 Å². The molecule has 112 valence electrons. The van der Waals surface area contributed by atoms with Crippen molar-refractivity contribution in [1.82, 2.24) is 14.7 Å². The van der Waals surface area contributed by atoms with E-state index in [4.69, 9.17) is 5.73 Å². The number of amides is 1. The fourth-order valence-electron chi connectivity index (χ4n) is 1.92. The Morgan fingerprint density at radius 3 is 3.00 bits per heavy atom. The highest BCUT2D eigenvalue weighted by atomic mass is 32.1. The summed E-state index contributed by atoms with van der Waals surface area (Å²) in [5.41, 5.74) is 7.75. The first kappa shape index (κ1) is 14.3. The second-order valence-electron chi connectivity index (χ2n) is 5.08. The lowest BCUT2D eigenvalue weighted by atomic mass is 10.3. The van der Waals surface area contributed by atoms with E-state index >= 15 is 0 Å². The summed E-state index contributed by atoms with van der Waals surface area (Å²) in [5, 5.41) is 9.94. The van der Waals surface area contributed by atoms with Crippen molar-refractivity contribution in [2.75, 3.05) is 17.6 Å². The van der Waals surface area contributed by atoms with Crippen molar-refractivity contribution in [3.8, 4) is 10.6 Å². The molecule has 4 N–H and O–H groups in total. The Hall–Kier alpha value is -1.67. The monoisotopic (exact) mass is 323 g/mol. The quantitative estimate of drug-likeness (QED) is 0.758. The van der Waals surface area contributed by atoms with Crippen LogP contribution in [0.4, 0.5) is 10.8 Å². The van der Waals surface area contributed by atoms with E-state index in [1.54, 1.807) is 11.3 Å². The van der Waals surface area contributed by atoms with E-state index in [0.29, 0.717) is 24.8 Å². The fraction of sp³-hybridized carbons (Fsp3) is 0.462. The largest absolute Gasteiger partial charge is 0.382 e. The standard InChI is InChI=1S/C13H17N5OS2/c1-7-6-20-13(16-7)10-11(14)18-21-12(10)15-5-4-9(19)17-8-2-3-8/h6,8,15H,2-5H2,1H3,(H2,14,18)(H,17,19). The molecule has 0 spiro atoms. The van der Waals surface area contributed by atoms with Crippen LogP contribution in [0.15, 0.2) is 5.38 Å². The lowest BCUT2D eigenvalue weighted by molar-refractivity contribution is -0.120. The van der Waals surface area contributed by atoms with Crippen molar-refractivity contribution in [1.29, 1.82) is 0 Å². The second-order valence-corrected chi connectivity index (χ2v) is 6.72. The molecule has 2 heterocycles. The molecule has 2 aromatic heterocycles. The number of carbonyl (C=O) groups is 1. The number of nitrogens with one attached hydrogen (secondary N) is 2. The number of nitrogens with zero attached hydrogens (tertiary/aromatic N) is 2. The van der Waals surface area contributed by atoms with Gasteiger partial charge in [-0.25, -0.2) is 4.98 Å². The van der Waals surface area contributed by atoms with E-state index in [1.165, 1.54) is 11.5 Å². The number of aromatic nitrogens is 2. The van der Waals surface area contributed by atoms with Gasteiger partial charge in [0.05, 0.1) is 5.56 Å². The maximum atomic E-state index is 11.6. The maximum Gasteiger partial charge on any atom is 0.221 e. The van der Waals surface area contributed by atoms with Crippen molar-refractivity contribution in [3.05, 3.63) is 11.1 Å². The van der Waals surface area contributed by atoms with E-state index < -0.39 is 0 Å². The van der Waals surface area contributed by atoms with Crippen molar-refractivity contribution < 1.29 is 4.79 Å². The number of thiazole rings is 1. The Bertz CT molecular complexity index is 647. The molecule has 6 nitrogen and oxygen atoms in total. The third-order valence-corrected chi connectivity index (χ3v) is 4.93. The summed E-state index contributed by atoms with van der Waals surface area (Å²) in [6.07, 6.45) is 2.67. The van der Waals surface area contributed by atoms with Gasteiger partial charge < -0.3 is 16.4 Å². The Labute approximate surface area is 130 Å². The van der Waals surface area contributed by atoms with E-state index in [-0.39, 0.29) is 5.91 Å². The average molecular weight is 323 g/mol. The number of rotatable bonds is 6. The van der Waals surface area contributed by atoms with Gasteiger partial charge in [0.25, 0.3) is 0 Å². The predicted octanol–water partition coefficient (Wildman–Crippen LogP) is 2.24. The topological polar surface area (TPSA) is 92.9 Å². The van der Waals surface area contributed by atoms with Crippen LogP contribution in [0.3, 0.4) is 0 Å². The highest BCUT2D eigenvalue weighted by Crippen LogP contribution is 2.38. The SMILES string of the molecule is Cc1csc(-c2c(N)nsc2NCCC(=O)NC2CC2)n1. The van der Waals surface area contributed by atoms with Crippen LogP contribution in [-0.4, -0.2) is 27.9 Å². The number of hydrogen-bond donors (Lipinski definition) is 3. The average Bonchev–Trinajstić information content (AvgIpc) is 3.03. The molecule has 2 aromatic rings. The lowest BCUT2D eigenvalue weighted by Gasteiger charge is -2.06. The minimum atomic E-state index is 0.0918. The van der Waals surface area contributed by atoms with E-state index in [1.807, 2.05) is 12.3 Å². The van der Waals surface area contributed by atoms with Gasteiger partial charge in [0, 0.05) is 30.1 Å². The molecule has 0 saturated heterocycles. The first-order valence-corrected chi connectivity index (χ1v) is 8.49. The number of aryl methyl sites for hydroxylation is 1. The Morgan fingerprint density at radius 2 is 2.33 bits per heavy atom. The van der Waals surface area contributed by atoms with Crippen LogP contribution in [0.25, 0.3) is 10.6 Å². The molecule has 3 rings (SSSR count). The molecule has 1 saturated carbocycles. The van der Waals surface area contributed by atoms with Crippen LogP contribution in [0.2, 0.25) is 0 Å². The summed E-state index contributed by atoms with van der Waals surface area (Å²) in [5.74, 6) is 0.577. The van der Waals surface area contributed by atoms with Gasteiger partial charge in [-0.05, 0) is 31.3 Å². The highest BCUT2D eigenvalue weighted by molar-refractivity contribution is 7.15. The molecule has 1 fully saturated rings. The molecule has 0 aromatic carbocycles. The summed E-state index contributed by atoms with van der Waals surface area (Å²) in [4.78, 5) is 16.1. The fourth-order valence-corrected chi connectivity index (χ4v) is 3.58. The van der Waals surface area contributed by atoms with Crippen molar-refractivity contribution >= 4 is 39.6 Å². The first-order chi connectivity index (χ1) is 10.1. The third kappa shape index (κ3) is 3.51. The minimum Gasteiger partial charge on any atom is -0.382 e. The van der Waals surface area contributed by atoms with Gasteiger partial charge in [-0.2, -0.15) is 4.37 Å². The van der Waals surface area contributed by atoms with Gasteiger partial charge in [0.1, 0.15) is 15.8 Å². The summed E-state index contributed by atoms with van der Waals surface area (Å²) in [6, 6.07) is 0.408. The maximum absolute atomic E-state index is 11.6. The molecule has 1 amide bonds. The van der Waals surface area contributed by atoms with Gasteiger partial charge in [-0.3, -0.25) is 4.79 Å². The number of anilines is 2. The zero-order valence-electron chi connectivity index (χ0n) is 11.7. The lowest BCUT2D eigenvalue weighted by Crippen LogP contribution is -2.27. The minimum absolute atomic E-state index is 0.0918. The number of hydrogen-bond acceptors (Lipinski definition) is 7. The Kier molecular flexibility index (Phi) is 4.07. The van der Waals surface area contributed by atoms with Crippen molar-refractivity contribution in [2.24, 2.45) is 0 Å². The molecule has 0 bridgehead atoms. The normalized spacial score (nSPS) is 14.1. The van der Waals surface area contributed by atoms with Gasteiger partial charge in [0.2, 0.25) is 5.91 Å². The smallest absolute Gasteiger partial charge is 0.221 e. The van der Waals surface area contributed by atoms with Crippen LogP contribution >= 0.6 is 22.9 Å². The van der Waals surface area contributed by atoms with Crippen LogP contribution in [-0.2, 0) is 4.79 Å². The molecule has 1 aliphatic rings. The molecule has 21 heavy (non-hydrogen) atoms. The van der Waals surface area contributed by atoms with Crippen molar-refractivity contribution in [3.63, 3.8) is 0 Å². The molecular formula is C13H17N5OS2. The molecule has 0 unspecified atom stereocenters. The molecule has 8 heteroatoms. The van der Waals surface area contributed by atoms with Gasteiger partial charge >= 0.3 is 0 Å². The summed E-state index contributed by atoms with van der Waals surface area (Å²) < 4.78 is 4.18. The van der Waals surface area contributed by atoms with Crippen LogP contribution in [0, 0.1) is 6.92 Å². The van der Waals surface area contributed by atoms with E-state index in [0.717, 1.165) is 34.1 Å². The Morgan fingerprint density at radius 1 is 1.52 bits per heavy atom. The zero-order valence-corrected chi connectivity index (χ0v) is 13.3. The summed E-state index contributed by atoms with van der Waals surface area (Å²) in [7, 11) is 0. The van der Waals surface area contributed by atoms with Gasteiger partial charge in [-0.15, -0.1) is 11.3 Å². The molecule has 0 radical (unpaired) electrons. The number of carbonyl (C=O) groups excluding carboxylic acids is 1. The first-order valence-electron chi connectivity index (χ1n) is 6.84. The molecule has 0 aliphatic heterocycles. The van der Waals surface area contributed by atoms with Gasteiger partial charge in [-0.1, -0.05) is 0 Å². The van der Waals surface area contributed by atoms with Crippen LogP contribution in [0.1, 0.15) is 25.0 Å². The summed E-state index contributed by atoms with van der Waals surface area (Å²) >= 11 is 2.86. The van der Waals surface area contributed by atoms with Gasteiger partial charge in [0.15, 0.2) is 0 Å². The summed E-state index contributed by atoms with van der Waals surface area (Å²) in [6.45, 7) is 2.52. The zero-order chi connectivity index (χ0) is 14.8.